The number of Topliss-reactive ketones (excluding diaryl/α,β-unsaturated/α-hetero) is 1. The van der Waals surface area contributed by atoms with Crippen LogP contribution in [0.3, 0.4) is 0 Å². The Bertz CT molecular complexity index is 857. The van der Waals surface area contributed by atoms with E-state index >= 15 is 0 Å². The van der Waals surface area contributed by atoms with Gasteiger partial charge in [-0.15, -0.1) is 0 Å². The third-order valence-corrected chi connectivity index (χ3v) is 4.64. The Labute approximate surface area is 157 Å². The largest absolute Gasteiger partial charge is 0.497 e. The zero-order valence-corrected chi connectivity index (χ0v) is 15.7. The monoisotopic (exact) mass is 370 g/mol. The summed E-state index contributed by atoms with van der Waals surface area (Å²) in [6, 6.07) is 10.8. The third kappa shape index (κ3) is 3.36. The molecular formula is C21H22O6. The van der Waals surface area contributed by atoms with Gasteiger partial charge in [0.1, 0.15) is 11.9 Å². The van der Waals surface area contributed by atoms with Gasteiger partial charge >= 0.3 is 0 Å². The number of carbonyl (C=O) groups excluding carboxylic acids is 1. The molecule has 2 aromatic rings. The summed E-state index contributed by atoms with van der Waals surface area (Å²) in [4.78, 5) is 12.7. The van der Waals surface area contributed by atoms with Crippen LogP contribution in [0, 0.1) is 0 Å². The molecular weight excluding hydrogens is 348 g/mol. The Kier molecular flexibility index (Phi) is 5.37. The molecule has 1 atom stereocenters. The fourth-order valence-corrected chi connectivity index (χ4v) is 3.30. The van der Waals surface area contributed by atoms with E-state index in [9.17, 15) is 9.90 Å². The first-order valence-electron chi connectivity index (χ1n) is 8.44. The number of methoxy groups -OCH3 is 4. The van der Waals surface area contributed by atoms with Crippen LogP contribution in [0.1, 0.15) is 17.5 Å². The SMILES string of the molecule is COc1ccc(C2=C(c3cc(OC)c(OC)c(OC)c3)C(=O)[C@H](O)C2)cc1. The lowest BCUT2D eigenvalue weighted by Crippen LogP contribution is -2.14. The highest BCUT2D eigenvalue weighted by Gasteiger charge is 2.34. The first-order valence-corrected chi connectivity index (χ1v) is 8.44. The van der Waals surface area contributed by atoms with E-state index in [4.69, 9.17) is 18.9 Å². The van der Waals surface area contributed by atoms with Crippen molar-refractivity contribution in [3.63, 3.8) is 0 Å². The molecule has 6 nitrogen and oxygen atoms in total. The summed E-state index contributed by atoms with van der Waals surface area (Å²) in [5.41, 5.74) is 2.68. The van der Waals surface area contributed by atoms with Crippen LogP contribution in [0.4, 0.5) is 0 Å². The normalized spacial score (nSPS) is 16.5. The van der Waals surface area contributed by atoms with E-state index in [-0.39, 0.29) is 12.2 Å². The standard InChI is InChI=1S/C21H22O6/c1-24-14-7-5-12(6-8-14)15-11-16(22)20(23)19(15)13-9-17(25-2)21(27-4)18(10-13)26-3/h5-10,16,22H,11H2,1-4H3/t16-/m1/s1. The van der Waals surface area contributed by atoms with Crippen molar-refractivity contribution in [1.82, 2.24) is 0 Å². The number of hydrogen-bond acceptors (Lipinski definition) is 6. The maximum Gasteiger partial charge on any atom is 0.203 e. The van der Waals surface area contributed by atoms with Gasteiger partial charge < -0.3 is 24.1 Å². The van der Waals surface area contributed by atoms with Gasteiger partial charge in [0, 0.05) is 12.0 Å². The molecule has 0 fully saturated rings. The number of carbonyl (C=O) groups is 1. The average Bonchev–Trinajstić information content (AvgIpc) is 3.01. The van der Waals surface area contributed by atoms with Crippen LogP contribution in [0.15, 0.2) is 36.4 Å². The van der Waals surface area contributed by atoms with E-state index < -0.39 is 6.10 Å². The minimum Gasteiger partial charge on any atom is -0.497 e. The molecule has 0 unspecified atom stereocenters. The molecule has 0 amide bonds. The Hall–Kier alpha value is -2.99. The molecule has 0 spiro atoms. The summed E-state index contributed by atoms with van der Waals surface area (Å²) < 4.78 is 21.3. The summed E-state index contributed by atoms with van der Waals surface area (Å²) in [6.45, 7) is 0. The van der Waals surface area contributed by atoms with Gasteiger partial charge in [-0.1, -0.05) is 12.1 Å². The molecule has 0 bridgehead atoms. The predicted octanol–water partition coefficient (Wildman–Crippen LogP) is 2.97. The number of benzene rings is 2. The Balaban J connectivity index is 2.19. The quantitative estimate of drug-likeness (QED) is 0.843. The Morgan fingerprint density at radius 3 is 1.93 bits per heavy atom. The first-order chi connectivity index (χ1) is 13.0. The van der Waals surface area contributed by atoms with Gasteiger partial charge in [-0.2, -0.15) is 0 Å². The van der Waals surface area contributed by atoms with E-state index in [0.717, 1.165) is 16.9 Å². The van der Waals surface area contributed by atoms with Gasteiger partial charge in [-0.3, -0.25) is 4.79 Å². The van der Waals surface area contributed by atoms with E-state index in [0.29, 0.717) is 28.4 Å². The van der Waals surface area contributed by atoms with E-state index in [1.807, 2.05) is 24.3 Å². The van der Waals surface area contributed by atoms with Crippen LogP contribution in [0.2, 0.25) is 0 Å². The molecule has 0 saturated carbocycles. The van der Waals surface area contributed by atoms with Gasteiger partial charge in [0.25, 0.3) is 0 Å². The molecule has 1 aliphatic carbocycles. The molecule has 1 N–H and O–H groups in total. The first kappa shape index (κ1) is 18.8. The Morgan fingerprint density at radius 1 is 0.852 bits per heavy atom. The van der Waals surface area contributed by atoms with E-state index in [1.165, 1.54) is 21.3 Å². The smallest absolute Gasteiger partial charge is 0.203 e. The number of ketones is 1. The van der Waals surface area contributed by atoms with Crippen LogP contribution in [-0.4, -0.2) is 45.4 Å². The molecule has 0 aromatic heterocycles. The van der Waals surface area contributed by atoms with Crippen molar-refractivity contribution in [3.05, 3.63) is 47.5 Å². The topological polar surface area (TPSA) is 74.2 Å². The molecule has 142 valence electrons. The fraction of sp³-hybridized carbons (Fsp3) is 0.286. The maximum atomic E-state index is 12.7. The van der Waals surface area contributed by atoms with Crippen LogP contribution in [-0.2, 0) is 4.79 Å². The molecule has 0 aliphatic heterocycles. The van der Waals surface area contributed by atoms with Crippen molar-refractivity contribution in [2.45, 2.75) is 12.5 Å². The summed E-state index contributed by atoms with van der Waals surface area (Å²) in [5.74, 6) is 1.74. The third-order valence-electron chi connectivity index (χ3n) is 4.64. The molecule has 2 aromatic carbocycles. The highest BCUT2D eigenvalue weighted by Crippen LogP contribution is 2.44. The molecule has 0 radical (unpaired) electrons. The van der Waals surface area contributed by atoms with Gasteiger partial charge in [0.15, 0.2) is 17.3 Å². The minimum absolute atomic E-state index is 0.247. The maximum absolute atomic E-state index is 12.7. The van der Waals surface area contributed by atoms with Gasteiger partial charge in [0.05, 0.1) is 28.4 Å². The average molecular weight is 370 g/mol. The van der Waals surface area contributed by atoms with Crippen LogP contribution >= 0.6 is 0 Å². The second-order valence-corrected chi connectivity index (χ2v) is 6.08. The summed E-state index contributed by atoms with van der Waals surface area (Å²) >= 11 is 0. The van der Waals surface area contributed by atoms with Crippen molar-refractivity contribution >= 4 is 16.9 Å². The number of aliphatic hydroxyl groups excluding tert-OH is 1. The Morgan fingerprint density at radius 2 is 1.44 bits per heavy atom. The van der Waals surface area contributed by atoms with Gasteiger partial charge in [0.2, 0.25) is 5.75 Å². The summed E-state index contributed by atoms with van der Waals surface area (Å²) in [6.07, 6.45) is -0.826. The van der Waals surface area contributed by atoms with Crippen molar-refractivity contribution in [2.75, 3.05) is 28.4 Å². The van der Waals surface area contributed by atoms with Crippen LogP contribution in [0.5, 0.6) is 23.0 Å². The van der Waals surface area contributed by atoms with Crippen molar-refractivity contribution < 1.29 is 28.8 Å². The zero-order valence-electron chi connectivity index (χ0n) is 15.7. The molecule has 1 aliphatic rings. The van der Waals surface area contributed by atoms with E-state index in [1.54, 1.807) is 19.2 Å². The molecule has 27 heavy (non-hydrogen) atoms. The van der Waals surface area contributed by atoms with E-state index in [2.05, 4.69) is 0 Å². The fourth-order valence-electron chi connectivity index (χ4n) is 3.30. The predicted molar refractivity (Wildman–Crippen MR) is 102 cm³/mol. The molecule has 0 saturated heterocycles. The lowest BCUT2D eigenvalue weighted by molar-refractivity contribution is -0.120. The lowest BCUT2D eigenvalue weighted by Gasteiger charge is -2.15. The van der Waals surface area contributed by atoms with Crippen molar-refractivity contribution in [3.8, 4) is 23.0 Å². The van der Waals surface area contributed by atoms with Crippen molar-refractivity contribution in [2.24, 2.45) is 0 Å². The van der Waals surface area contributed by atoms with Gasteiger partial charge in [-0.05, 0) is 41.0 Å². The minimum atomic E-state index is -1.07. The second kappa shape index (κ2) is 7.72. The van der Waals surface area contributed by atoms with Gasteiger partial charge in [-0.25, -0.2) is 0 Å². The number of aliphatic hydroxyl groups is 1. The van der Waals surface area contributed by atoms with Crippen LogP contribution in [0.25, 0.3) is 11.1 Å². The van der Waals surface area contributed by atoms with Crippen molar-refractivity contribution in [1.29, 1.82) is 0 Å². The zero-order chi connectivity index (χ0) is 19.6. The highest BCUT2D eigenvalue weighted by molar-refractivity contribution is 6.33. The molecule has 0 heterocycles. The summed E-state index contributed by atoms with van der Waals surface area (Å²) in [5, 5.41) is 10.2. The number of hydrogen-bond donors (Lipinski definition) is 1. The molecule has 3 rings (SSSR count). The second-order valence-electron chi connectivity index (χ2n) is 6.08. The number of ether oxygens (including phenoxy) is 4. The van der Waals surface area contributed by atoms with Crippen LogP contribution < -0.4 is 18.9 Å². The highest BCUT2D eigenvalue weighted by atomic mass is 16.5. The summed E-state index contributed by atoms with van der Waals surface area (Å²) in [7, 11) is 6.15. The number of rotatable bonds is 6. The lowest BCUT2D eigenvalue weighted by atomic mass is 9.96. The molecule has 6 heteroatoms.